The van der Waals surface area contributed by atoms with E-state index < -0.39 is 0 Å². The Bertz CT molecular complexity index is 757. The van der Waals surface area contributed by atoms with E-state index in [0.29, 0.717) is 6.61 Å². The summed E-state index contributed by atoms with van der Waals surface area (Å²) in [6.07, 6.45) is 1.98. The van der Waals surface area contributed by atoms with E-state index in [0.717, 1.165) is 50.9 Å². The molecular formula is C22H29N3O2. The van der Waals surface area contributed by atoms with Crippen LogP contribution in [0.4, 0.5) is 0 Å². The summed E-state index contributed by atoms with van der Waals surface area (Å²) in [4.78, 5) is 4.30. The Morgan fingerprint density at radius 1 is 1.07 bits per heavy atom. The molecule has 1 heterocycles. The molecule has 1 aliphatic heterocycles. The van der Waals surface area contributed by atoms with E-state index in [2.05, 4.69) is 58.1 Å². The van der Waals surface area contributed by atoms with Crippen LogP contribution in [0.25, 0.3) is 0 Å². The maximum absolute atomic E-state index is 5.56. The monoisotopic (exact) mass is 367 g/mol. The lowest BCUT2D eigenvalue weighted by atomic mass is 10.1. The first-order chi connectivity index (χ1) is 13.3. The molecule has 2 aromatic rings. The summed E-state index contributed by atoms with van der Waals surface area (Å²) in [5.41, 5.74) is 5.06. The van der Waals surface area contributed by atoms with Crippen molar-refractivity contribution in [2.24, 2.45) is 4.99 Å². The quantitative estimate of drug-likeness (QED) is 0.556. The Balaban J connectivity index is 1.41. The molecular weight excluding hydrogens is 338 g/mol. The molecule has 0 aliphatic carbocycles. The van der Waals surface area contributed by atoms with Crippen LogP contribution >= 0.6 is 0 Å². The van der Waals surface area contributed by atoms with Crippen molar-refractivity contribution in [1.29, 1.82) is 0 Å². The van der Waals surface area contributed by atoms with Crippen LogP contribution in [0, 0.1) is 0 Å². The van der Waals surface area contributed by atoms with E-state index in [1.807, 2.05) is 6.92 Å². The standard InChI is InChI=1S/C22H29N3O2/c1-3-26-16-19-6-4-18(5-7-19)15-25-22(23-2)24-12-10-17-8-9-21-20(14-17)11-13-27-21/h4-9,14H,3,10-13,15-16H2,1-2H3,(H2,23,24,25). The zero-order valence-corrected chi connectivity index (χ0v) is 16.3. The normalized spacial score (nSPS) is 13.2. The minimum absolute atomic E-state index is 0.669. The number of nitrogens with zero attached hydrogens (tertiary/aromatic N) is 1. The summed E-state index contributed by atoms with van der Waals surface area (Å²) in [5.74, 6) is 1.86. The van der Waals surface area contributed by atoms with E-state index in [4.69, 9.17) is 9.47 Å². The van der Waals surface area contributed by atoms with Crippen LogP contribution in [0.1, 0.15) is 29.2 Å². The van der Waals surface area contributed by atoms with Gasteiger partial charge in [0.05, 0.1) is 13.2 Å². The predicted molar refractivity (Wildman–Crippen MR) is 109 cm³/mol. The number of aliphatic imine (C=N–C) groups is 1. The van der Waals surface area contributed by atoms with Crippen molar-refractivity contribution < 1.29 is 9.47 Å². The zero-order chi connectivity index (χ0) is 18.9. The zero-order valence-electron chi connectivity index (χ0n) is 16.3. The summed E-state index contributed by atoms with van der Waals surface area (Å²) in [6, 6.07) is 15.0. The minimum atomic E-state index is 0.669. The SMILES string of the molecule is CCOCc1ccc(CNC(=NC)NCCc2ccc3c(c2)CCO3)cc1. The highest BCUT2D eigenvalue weighted by molar-refractivity contribution is 5.79. The van der Waals surface area contributed by atoms with E-state index in [1.54, 1.807) is 7.05 Å². The van der Waals surface area contributed by atoms with Gasteiger partial charge in [-0.05, 0) is 41.7 Å². The first-order valence-electron chi connectivity index (χ1n) is 9.63. The van der Waals surface area contributed by atoms with E-state index in [-0.39, 0.29) is 0 Å². The molecule has 0 atom stereocenters. The maximum Gasteiger partial charge on any atom is 0.191 e. The predicted octanol–water partition coefficient (Wildman–Crippen LogP) is 3.07. The Kier molecular flexibility index (Phi) is 7.11. The second-order valence-electron chi connectivity index (χ2n) is 6.60. The lowest BCUT2D eigenvalue weighted by Gasteiger charge is -2.12. The molecule has 0 saturated carbocycles. The summed E-state index contributed by atoms with van der Waals surface area (Å²) in [5, 5.41) is 6.75. The molecule has 0 bridgehead atoms. The van der Waals surface area contributed by atoms with Gasteiger partial charge in [0.25, 0.3) is 0 Å². The van der Waals surface area contributed by atoms with E-state index in [9.17, 15) is 0 Å². The van der Waals surface area contributed by atoms with Crippen LogP contribution in [0.15, 0.2) is 47.5 Å². The number of fused-ring (bicyclic) bond motifs is 1. The molecule has 5 heteroatoms. The van der Waals surface area contributed by atoms with Gasteiger partial charge in [0, 0.05) is 33.2 Å². The molecule has 1 aliphatic rings. The van der Waals surface area contributed by atoms with E-state index in [1.165, 1.54) is 22.3 Å². The van der Waals surface area contributed by atoms with Crippen molar-refractivity contribution in [2.75, 3.05) is 26.8 Å². The highest BCUT2D eigenvalue weighted by Crippen LogP contribution is 2.25. The molecule has 0 amide bonds. The van der Waals surface area contributed by atoms with Gasteiger partial charge in [-0.2, -0.15) is 0 Å². The van der Waals surface area contributed by atoms with Gasteiger partial charge in [-0.15, -0.1) is 0 Å². The van der Waals surface area contributed by atoms with Gasteiger partial charge in [0.2, 0.25) is 0 Å². The van der Waals surface area contributed by atoms with Gasteiger partial charge < -0.3 is 20.1 Å². The number of ether oxygens (including phenoxy) is 2. The third kappa shape index (κ3) is 5.73. The minimum Gasteiger partial charge on any atom is -0.493 e. The van der Waals surface area contributed by atoms with Crippen LogP contribution in [-0.4, -0.2) is 32.8 Å². The van der Waals surface area contributed by atoms with Crippen LogP contribution in [0.2, 0.25) is 0 Å². The summed E-state index contributed by atoms with van der Waals surface area (Å²) < 4.78 is 11.0. The molecule has 0 radical (unpaired) electrons. The first-order valence-corrected chi connectivity index (χ1v) is 9.63. The fraction of sp³-hybridized carbons (Fsp3) is 0.409. The van der Waals surface area contributed by atoms with Crippen molar-refractivity contribution in [3.63, 3.8) is 0 Å². The Hall–Kier alpha value is -2.53. The molecule has 144 valence electrons. The molecule has 0 saturated heterocycles. The maximum atomic E-state index is 5.56. The molecule has 0 spiro atoms. The van der Waals surface area contributed by atoms with Crippen molar-refractivity contribution >= 4 is 5.96 Å². The Morgan fingerprint density at radius 3 is 2.63 bits per heavy atom. The Morgan fingerprint density at radius 2 is 1.85 bits per heavy atom. The van der Waals surface area contributed by atoms with Gasteiger partial charge >= 0.3 is 0 Å². The molecule has 0 aromatic heterocycles. The van der Waals surface area contributed by atoms with Gasteiger partial charge in [0.15, 0.2) is 5.96 Å². The number of rotatable bonds is 8. The molecule has 5 nitrogen and oxygen atoms in total. The van der Waals surface area contributed by atoms with Crippen LogP contribution in [0.5, 0.6) is 5.75 Å². The lowest BCUT2D eigenvalue weighted by molar-refractivity contribution is 0.134. The first kappa shape index (κ1) is 19.2. The van der Waals surface area contributed by atoms with Crippen LogP contribution < -0.4 is 15.4 Å². The number of hydrogen-bond acceptors (Lipinski definition) is 3. The highest BCUT2D eigenvalue weighted by Gasteiger charge is 2.11. The van der Waals surface area contributed by atoms with Gasteiger partial charge in [-0.1, -0.05) is 36.4 Å². The van der Waals surface area contributed by atoms with Crippen LogP contribution in [0.3, 0.4) is 0 Å². The second-order valence-corrected chi connectivity index (χ2v) is 6.60. The largest absolute Gasteiger partial charge is 0.493 e. The second kappa shape index (κ2) is 9.97. The molecule has 2 aromatic carbocycles. The summed E-state index contributed by atoms with van der Waals surface area (Å²) >= 11 is 0. The Labute approximate surface area is 161 Å². The van der Waals surface area contributed by atoms with Crippen molar-refractivity contribution in [3.8, 4) is 5.75 Å². The van der Waals surface area contributed by atoms with Gasteiger partial charge in [-0.25, -0.2) is 0 Å². The van der Waals surface area contributed by atoms with Crippen molar-refractivity contribution in [1.82, 2.24) is 10.6 Å². The summed E-state index contributed by atoms with van der Waals surface area (Å²) in [7, 11) is 1.80. The molecule has 3 rings (SSSR count). The molecule has 0 fully saturated rings. The topological polar surface area (TPSA) is 54.9 Å². The summed E-state index contributed by atoms with van der Waals surface area (Å²) in [6.45, 7) is 5.81. The average Bonchev–Trinajstić information content (AvgIpc) is 3.17. The van der Waals surface area contributed by atoms with Crippen molar-refractivity contribution in [3.05, 3.63) is 64.7 Å². The fourth-order valence-corrected chi connectivity index (χ4v) is 3.10. The number of nitrogens with one attached hydrogen (secondary N) is 2. The van der Waals surface area contributed by atoms with Gasteiger partial charge in [0.1, 0.15) is 5.75 Å². The van der Waals surface area contributed by atoms with Crippen molar-refractivity contribution in [2.45, 2.75) is 32.9 Å². The third-order valence-electron chi connectivity index (χ3n) is 4.64. The van der Waals surface area contributed by atoms with Gasteiger partial charge in [-0.3, -0.25) is 4.99 Å². The van der Waals surface area contributed by atoms with E-state index >= 15 is 0 Å². The molecule has 2 N–H and O–H groups in total. The smallest absolute Gasteiger partial charge is 0.191 e. The number of guanidine groups is 1. The highest BCUT2D eigenvalue weighted by atomic mass is 16.5. The molecule has 0 unspecified atom stereocenters. The number of hydrogen-bond donors (Lipinski definition) is 2. The average molecular weight is 367 g/mol. The lowest BCUT2D eigenvalue weighted by Crippen LogP contribution is -2.37. The van der Waals surface area contributed by atoms with Crippen LogP contribution in [-0.2, 0) is 30.7 Å². The number of benzene rings is 2. The third-order valence-corrected chi connectivity index (χ3v) is 4.64. The molecule has 27 heavy (non-hydrogen) atoms. The fourth-order valence-electron chi connectivity index (χ4n) is 3.10.